The molecule has 0 unspecified atom stereocenters. The molecule has 2 heterocycles. The van der Waals surface area contributed by atoms with Crippen LogP contribution in [0.3, 0.4) is 0 Å². The molecule has 2 aromatic rings. The van der Waals surface area contributed by atoms with Crippen molar-refractivity contribution in [1.82, 2.24) is 14.7 Å². The molecular weight excluding hydrogens is 371 g/mol. The van der Waals surface area contributed by atoms with E-state index < -0.39 is 9.84 Å². The first-order chi connectivity index (χ1) is 11.3. The van der Waals surface area contributed by atoms with E-state index in [4.69, 9.17) is 12.2 Å². The first-order valence-electron chi connectivity index (χ1n) is 7.34. The average Bonchev–Trinajstić information content (AvgIpc) is 3.04. The molecule has 1 aliphatic heterocycles. The van der Waals surface area contributed by atoms with Gasteiger partial charge in [0.15, 0.2) is 13.8 Å². The van der Waals surface area contributed by atoms with Crippen LogP contribution in [0, 0.1) is 9.77 Å². The lowest BCUT2D eigenvalue weighted by atomic mass is 10.2. The lowest BCUT2D eigenvalue weighted by Gasteiger charge is -2.22. The minimum absolute atomic E-state index is 0.0263. The highest BCUT2D eigenvalue weighted by atomic mass is 32.2. The Morgan fingerprint density at radius 1 is 1.50 bits per heavy atom. The Bertz CT molecular complexity index is 893. The van der Waals surface area contributed by atoms with Gasteiger partial charge in [-0.2, -0.15) is 0 Å². The normalized spacial score (nSPS) is 19.7. The number of halogens is 1. The molecule has 10 heteroatoms. The molecule has 0 saturated carbocycles. The number of anilines is 2. The number of benzene rings is 1. The largest absolute Gasteiger partial charge is 0.328 e. The molecule has 1 fully saturated rings. The van der Waals surface area contributed by atoms with Crippen molar-refractivity contribution < 1.29 is 12.8 Å². The Morgan fingerprint density at radius 3 is 2.92 bits per heavy atom. The predicted molar refractivity (Wildman–Crippen MR) is 95.4 cm³/mol. The summed E-state index contributed by atoms with van der Waals surface area (Å²) in [4.78, 5) is 1.94. The van der Waals surface area contributed by atoms with Crippen molar-refractivity contribution in [2.24, 2.45) is 0 Å². The second-order valence-electron chi connectivity index (χ2n) is 5.73. The lowest BCUT2D eigenvalue weighted by molar-refractivity contribution is 0.198. The van der Waals surface area contributed by atoms with E-state index in [9.17, 15) is 12.8 Å². The van der Waals surface area contributed by atoms with Gasteiger partial charge in [-0.05, 0) is 37.8 Å². The first-order valence-corrected chi connectivity index (χ1v) is 10.4. The number of nitrogens with zero attached hydrogens (tertiary/aromatic N) is 3. The number of para-hydroxylation sites is 1. The quantitative estimate of drug-likeness (QED) is 0.795. The van der Waals surface area contributed by atoms with E-state index in [-0.39, 0.29) is 23.4 Å². The highest BCUT2D eigenvalue weighted by Gasteiger charge is 2.30. The van der Waals surface area contributed by atoms with Crippen molar-refractivity contribution >= 4 is 44.2 Å². The third-order valence-corrected chi connectivity index (χ3v) is 6.88. The van der Waals surface area contributed by atoms with Crippen LogP contribution in [0.2, 0.25) is 0 Å². The summed E-state index contributed by atoms with van der Waals surface area (Å²) in [5.41, 5.74) is 0.337. The molecule has 1 N–H and O–H groups in total. The van der Waals surface area contributed by atoms with Crippen molar-refractivity contribution in [1.29, 1.82) is 0 Å². The van der Waals surface area contributed by atoms with Crippen molar-refractivity contribution in [3.05, 3.63) is 34.0 Å². The van der Waals surface area contributed by atoms with E-state index in [0.717, 1.165) is 0 Å². The van der Waals surface area contributed by atoms with Crippen LogP contribution in [0.1, 0.15) is 6.42 Å². The van der Waals surface area contributed by atoms with Gasteiger partial charge in [-0.25, -0.2) is 17.5 Å². The Morgan fingerprint density at radius 2 is 2.25 bits per heavy atom. The monoisotopic (exact) mass is 388 g/mol. The molecule has 1 aromatic heterocycles. The molecule has 130 valence electrons. The molecule has 1 saturated heterocycles. The summed E-state index contributed by atoms with van der Waals surface area (Å²) >= 11 is 6.55. The third kappa shape index (κ3) is 4.00. The van der Waals surface area contributed by atoms with Gasteiger partial charge in [0.2, 0.25) is 5.13 Å². The SMILES string of the molecule is CN(Cn1nc(Nc2ccccc2F)sc1=S)[C@H]1CCS(=O)(=O)C1. The maximum atomic E-state index is 13.7. The van der Waals surface area contributed by atoms with Crippen LogP contribution in [-0.4, -0.2) is 47.7 Å². The van der Waals surface area contributed by atoms with Gasteiger partial charge in [0.05, 0.1) is 23.9 Å². The highest BCUT2D eigenvalue weighted by Crippen LogP contribution is 2.23. The third-order valence-electron chi connectivity index (χ3n) is 3.91. The number of sulfone groups is 1. The number of nitrogens with one attached hydrogen (secondary N) is 1. The van der Waals surface area contributed by atoms with E-state index in [1.807, 2.05) is 11.9 Å². The minimum atomic E-state index is -2.93. The fourth-order valence-corrected chi connectivity index (χ4v) is 5.38. The minimum Gasteiger partial charge on any atom is -0.328 e. The predicted octanol–water partition coefficient (Wildman–Crippen LogP) is 2.63. The van der Waals surface area contributed by atoms with Crippen molar-refractivity contribution in [2.45, 2.75) is 19.1 Å². The summed E-state index contributed by atoms with van der Waals surface area (Å²) in [6.45, 7) is 0.397. The van der Waals surface area contributed by atoms with Gasteiger partial charge in [-0.3, -0.25) is 4.90 Å². The molecule has 1 aliphatic rings. The van der Waals surface area contributed by atoms with Gasteiger partial charge in [0.25, 0.3) is 0 Å². The smallest absolute Gasteiger partial charge is 0.209 e. The van der Waals surface area contributed by atoms with E-state index in [1.165, 1.54) is 17.4 Å². The van der Waals surface area contributed by atoms with Gasteiger partial charge < -0.3 is 5.32 Å². The van der Waals surface area contributed by atoms with Gasteiger partial charge in [0, 0.05) is 6.04 Å². The van der Waals surface area contributed by atoms with E-state index in [2.05, 4.69) is 10.4 Å². The van der Waals surface area contributed by atoms with Gasteiger partial charge in [-0.1, -0.05) is 23.5 Å². The maximum Gasteiger partial charge on any atom is 0.209 e. The van der Waals surface area contributed by atoms with Crippen molar-refractivity contribution in [2.75, 3.05) is 23.9 Å². The van der Waals surface area contributed by atoms with Crippen molar-refractivity contribution in [3.63, 3.8) is 0 Å². The van der Waals surface area contributed by atoms with Crippen molar-refractivity contribution in [3.8, 4) is 0 Å². The van der Waals surface area contributed by atoms with E-state index >= 15 is 0 Å². The first kappa shape index (κ1) is 17.5. The number of hydrogen-bond acceptors (Lipinski definition) is 7. The molecular formula is C14H17FN4O2S3. The molecule has 1 atom stereocenters. The van der Waals surface area contributed by atoms with E-state index in [1.54, 1.807) is 22.9 Å². The molecule has 0 spiro atoms. The van der Waals surface area contributed by atoms with Crippen LogP contribution in [0.25, 0.3) is 0 Å². The number of rotatable bonds is 5. The fourth-order valence-electron chi connectivity index (χ4n) is 2.57. The standard InChI is InChI=1S/C14H17FN4O2S3/c1-18(10-6-7-24(20,21)8-10)9-19-14(22)23-13(17-19)16-12-5-3-2-4-11(12)15/h2-5,10H,6-9H2,1H3,(H,16,17)/t10-/m0/s1. The summed E-state index contributed by atoms with van der Waals surface area (Å²) < 4.78 is 39.0. The topological polar surface area (TPSA) is 67.2 Å². The molecule has 24 heavy (non-hydrogen) atoms. The molecule has 0 bridgehead atoms. The second kappa shape index (κ2) is 6.87. The fraction of sp³-hybridized carbons (Fsp3) is 0.429. The molecule has 6 nitrogen and oxygen atoms in total. The zero-order valence-corrected chi connectivity index (χ0v) is 15.4. The Kier molecular flexibility index (Phi) is 5.00. The molecule has 3 rings (SSSR count). The lowest BCUT2D eigenvalue weighted by Crippen LogP contribution is -2.34. The van der Waals surface area contributed by atoms with E-state index in [0.29, 0.717) is 27.9 Å². The number of hydrogen-bond donors (Lipinski definition) is 1. The van der Waals surface area contributed by atoms with Crippen LogP contribution in [0.4, 0.5) is 15.2 Å². The summed E-state index contributed by atoms with van der Waals surface area (Å²) in [5.74, 6) is 0.0321. The second-order valence-corrected chi connectivity index (χ2v) is 9.58. The summed E-state index contributed by atoms with van der Waals surface area (Å²) in [6, 6.07) is 6.32. The molecule has 0 aliphatic carbocycles. The molecule has 0 amide bonds. The highest BCUT2D eigenvalue weighted by molar-refractivity contribution is 7.91. The number of aromatic nitrogens is 2. The zero-order chi connectivity index (χ0) is 17.3. The van der Waals surface area contributed by atoms with Crippen LogP contribution >= 0.6 is 23.6 Å². The van der Waals surface area contributed by atoms with Crippen LogP contribution < -0.4 is 5.32 Å². The summed E-state index contributed by atoms with van der Waals surface area (Å²) in [7, 11) is -1.07. The molecule has 0 radical (unpaired) electrons. The van der Waals surface area contributed by atoms with Crippen LogP contribution in [0.15, 0.2) is 24.3 Å². The zero-order valence-electron chi connectivity index (χ0n) is 13.0. The Labute approximate surface area is 148 Å². The van der Waals surface area contributed by atoms with Gasteiger partial charge in [-0.15, -0.1) is 5.10 Å². The maximum absolute atomic E-state index is 13.7. The summed E-state index contributed by atoms with van der Waals surface area (Å²) in [5, 5.41) is 7.77. The summed E-state index contributed by atoms with van der Waals surface area (Å²) in [6.07, 6.45) is 0.622. The van der Waals surface area contributed by atoms with Gasteiger partial charge in [0.1, 0.15) is 5.82 Å². The Balaban J connectivity index is 1.70. The molecule has 1 aromatic carbocycles. The Hall–Kier alpha value is -1.36. The van der Waals surface area contributed by atoms with Crippen LogP contribution in [-0.2, 0) is 16.5 Å². The van der Waals surface area contributed by atoms with Gasteiger partial charge >= 0.3 is 0 Å². The average molecular weight is 389 g/mol. The van der Waals surface area contributed by atoms with Crippen LogP contribution in [0.5, 0.6) is 0 Å².